The molecule has 0 aliphatic rings. The van der Waals surface area contributed by atoms with Gasteiger partial charge < -0.3 is 4.74 Å². The van der Waals surface area contributed by atoms with Crippen LogP contribution in [0.25, 0.3) is 0 Å². The van der Waals surface area contributed by atoms with Gasteiger partial charge in [0, 0.05) is 0 Å². The van der Waals surface area contributed by atoms with Crippen molar-refractivity contribution in [2.75, 3.05) is 7.11 Å². The molecule has 0 fully saturated rings. The van der Waals surface area contributed by atoms with Crippen LogP contribution in [0.1, 0.15) is 38.2 Å². The van der Waals surface area contributed by atoms with Crippen LogP contribution in [0.5, 0.6) is 5.75 Å². The quantitative estimate of drug-likeness (QED) is 0.688. The zero-order valence-corrected chi connectivity index (χ0v) is 11.4. The van der Waals surface area contributed by atoms with E-state index in [4.69, 9.17) is 4.74 Å². The Kier molecular flexibility index (Phi) is 5.81. The van der Waals surface area contributed by atoms with Gasteiger partial charge in [0.1, 0.15) is 0 Å². The lowest BCUT2D eigenvalue weighted by molar-refractivity contribution is 0.381. The van der Waals surface area contributed by atoms with E-state index in [0.717, 1.165) is 24.8 Å². The topological polar surface area (TPSA) is 9.23 Å². The Hall–Kier alpha value is -0.570. The lowest BCUT2D eigenvalue weighted by atomic mass is 10.1. The van der Waals surface area contributed by atoms with Gasteiger partial charge in [-0.25, -0.2) is 4.39 Å². The van der Waals surface area contributed by atoms with Gasteiger partial charge in [-0.1, -0.05) is 32.3 Å². The third-order valence-electron chi connectivity index (χ3n) is 2.63. The van der Waals surface area contributed by atoms with Crippen LogP contribution in [0.2, 0.25) is 0 Å². The Morgan fingerprint density at radius 2 is 2.00 bits per heavy atom. The predicted octanol–water partition coefficient (Wildman–Crippen LogP) is 4.72. The zero-order valence-electron chi connectivity index (χ0n) is 9.85. The van der Waals surface area contributed by atoms with E-state index in [0.29, 0.717) is 10.2 Å². The summed E-state index contributed by atoms with van der Waals surface area (Å²) in [4.78, 5) is 0. The number of hydrogen-bond acceptors (Lipinski definition) is 1. The minimum atomic E-state index is -0.228. The monoisotopic (exact) mass is 288 g/mol. The Labute approximate surface area is 105 Å². The molecule has 0 aromatic heterocycles. The Balaban J connectivity index is 2.66. The standard InChI is InChI=1S/C13H18BrFO/c1-3-4-5-6-7-10-8-9-11(14)13(16-2)12(10)15/h8-9H,3-7H2,1-2H3. The van der Waals surface area contributed by atoms with Crippen LogP contribution < -0.4 is 4.74 Å². The maximum Gasteiger partial charge on any atom is 0.169 e. The maximum atomic E-state index is 13.9. The zero-order chi connectivity index (χ0) is 12.0. The molecule has 1 aromatic rings. The molecular formula is C13H18BrFO. The molecule has 0 bridgehead atoms. The van der Waals surface area contributed by atoms with Gasteiger partial charge in [-0.15, -0.1) is 0 Å². The number of ether oxygens (including phenoxy) is 1. The fourth-order valence-electron chi connectivity index (χ4n) is 1.70. The molecule has 0 saturated heterocycles. The smallest absolute Gasteiger partial charge is 0.169 e. The van der Waals surface area contributed by atoms with E-state index < -0.39 is 0 Å². The van der Waals surface area contributed by atoms with Gasteiger partial charge in [-0.3, -0.25) is 0 Å². The van der Waals surface area contributed by atoms with Crippen LogP contribution in [0, 0.1) is 5.82 Å². The largest absolute Gasteiger partial charge is 0.492 e. The summed E-state index contributed by atoms with van der Waals surface area (Å²) in [5.74, 6) is 0.0846. The molecule has 0 aliphatic heterocycles. The highest BCUT2D eigenvalue weighted by molar-refractivity contribution is 9.10. The molecule has 90 valence electrons. The van der Waals surface area contributed by atoms with Crippen molar-refractivity contribution in [3.05, 3.63) is 28.0 Å². The van der Waals surface area contributed by atoms with E-state index in [2.05, 4.69) is 22.9 Å². The highest BCUT2D eigenvalue weighted by atomic mass is 79.9. The van der Waals surface area contributed by atoms with Gasteiger partial charge >= 0.3 is 0 Å². The molecule has 0 heterocycles. The van der Waals surface area contributed by atoms with Crippen LogP contribution >= 0.6 is 15.9 Å². The van der Waals surface area contributed by atoms with Crippen LogP contribution in [-0.2, 0) is 6.42 Å². The average Bonchev–Trinajstić information content (AvgIpc) is 2.28. The molecule has 0 spiro atoms. The molecule has 16 heavy (non-hydrogen) atoms. The second kappa shape index (κ2) is 6.89. The number of unbranched alkanes of at least 4 members (excludes halogenated alkanes) is 3. The summed E-state index contributed by atoms with van der Waals surface area (Å²) in [6, 6.07) is 3.67. The first-order chi connectivity index (χ1) is 7.70. The molecule has 1 rings (SSSR count). The predicted molar refractivity (Wildman–Crippen MR) is 68.5 cm³/mol. The van der Waals surface area contributed by atoms with Gasteiger partial charge in [0.2, 0.25) is 0 Å². The Morgan fingerprint density at radius 1 is 1.25 bits per heavy atom. The van der Waals surface area contributed by atoms with Crippen molar-refractivity contribution in [3.8, 4) is 5.75 Å². The summed E-state index contributed by atoms with van der Waals surface area (Å²) in [6.07, 6.45) is 5.40. The normalized spacial score (nSPS) is 10.5. The molecule has 0 amide bonds. The molecule has 0 aliphatic carbocycles. The van der Waals surface area contributed by atoms with E-state index in [1.165, 1.54) is 20.0 Å². The first-order valence-electron chi connectivity index (χ1n) is 5.71. The first kappa shape index (κ1) is 13.5. The maximum absolute atomic E-state index is 13.9. The molecule has 0 radical (unpaired) electrons. The van der Waals surface area contributed by atoms with Gasteiger partial charge in [-0.2, -0.15) is 0 Å². The number of benzene rings is 1. The minimum absolute atomic E-state index is 0.228. The van der Waals surface area contributed by atoms with Crippen molar-refractivity contribution in [2.45, 2.75) is 39.0 Å². The van der Waals surface area contributed by atoms with Gasteiger partial charge in [-0.05, 0) is 40.4 Å². The highest BCUT2D eigenvalue weighted by Crippen LogP contribution is 2.30. The summed E-state index contributed by atoms with van der Waals surface area (Å²) in [5, 5.41) is 0. The first-order valence-corrected chi connectivity index (χ1v) is 6.50. The third-order valence-corrected chi connectivity index (χ3v) is 3.26. The van der Waals surface area contributed by atoms with Crippen molar-refractivity contribution >= 4 is 15.9 Å². The number of aryl methyl sites for hydroxylation is 1. The fourth-order valence-corrected chi connectivity index (χ4v) is 2.16. The summed E-state index contributed by atoms with van der Waals surface area (Å²) in [6.45, 7) is 2.17. The van der Waals surface area contributed by atoms with Crippen molar-refractivity contribution in [1.29, 1.82) is 0 Å². The lowest BCUT2D eigenvalue weighted by Gasteiger charge is -2.09. The van der Waals surface area contributed by atoms with Crippen LogP contribution in [0.15, 0.2) is 16.6 Å². The second-order valence-corrected chi connectivity index (χ2v) is 4.72. The second-order valence-electron chi connectivity index (χ2n) is 3.86. The van der Waals surface area contributed by atoms with E-state index in [1.807, 2.05) is 12.1 Å². The van der Waals surface area contributed by atoms with Crippen molar-refractivity contribution in [3.63, 3.8) is 0 Å². The van der Waals surface area contributed by atoms with E-state index in [-0.39, 0.29) is 5.82 Å². The number of hydrogen-bond donors (Lipinski definition) is 0. The van der Waals surface area contributed by atoms with Crippen LogP contribution in [0.3, 0.4) is 0 Å². The number of methoxy groups -OCH3 is 1. The Morgan fingerprint density at radius 3 is 2.62 bits per heavy atom. The van der Waals surface area contributed by atoms with Gasteiger partial charge in [0.05, 0.1) is 11.6 Å². The van der Waals surface area contributed by atoms with E-state index in [1.54, 1.807) is 0 Å². The number of rotatable bonds is 6. The summed E-state index contributed by atoms with van der Waals surface area (Å²) in [5.41, 5.74) is 0.746. The summed E-state index contributed by atoms with van der Waals surface area (Å²) >= 11 is 3.27. The molecule has 3 heteroatoms. The molecule has 0 atom stereocenters. The molecule has 0 N–H and O–H groups in total. The summed E-state index contributed by atoms with van der Waals surface area (Å²) < 4.78 is 19.6. The van der Waals surface area contributed by atoms with Crippen LogP contribution in [-0.4, -0.2) is 7.11 Å². The SMILES string of the molecule is CCCCCCc1ccc(Br)c(OC)c1F. The van der Waals surface area contributed by atoms with Crippen LogP contribution in [0.4, 0.5) is 4.39 Å². The van der Waals surface area contributed by atoms with Gasteiger partial charge in [0.15, 0.2) is 11.6 Å². The highest BCUT2D eigenvalue weighted by Gasteiger charge is 2.11. The lowest BCUT2D eigenvalue weighted by Crippen LogP contribution is -1.96. The van der Waals surface area contributed by atoms with Gasteiger partial charge in [0.25, 0.3) is 0 Å². The minimum Gasteiger partial charge on any atom is -0.492 e. The molecule has 1 aromatic carbocycles. The third kappa shape index (κ3) is 3.48. The van der Waals surface area contributed by atoms with Crippen molar-refractivity contribution < 1.29 is 9.13 Å². The van der Waals surface area contributed by atoms with Crippen molar-refractivity contribution in [1.82, 2.24) is 0 Å². The number of halogens is 2. The Bertz CT molecular complexity index is 339. The fraction of sp³-hybridized carbons (Fsp3) is 0.538. The van der Waals surface area contributed by atoms with E-state index in [9.17, 15) is 4.39 Å². The van der Waals surface area contributed by atoms with Crippen molar-refractivity contribution in [2.24, 2.45) is 0 Å². The molecule has 0 unspecified atom stereocenters. The average molecular weight is 289 g/mol. The molecular weight excluding hydrogens is 271 g/mol. The van der Waals surface area contributed by atoms with E-state index >= 15 is 0 Å². The molecule has 1 nitrogen and oxygen atoms in total. The summed E-state index contributed by atoms with van der Waals surface area (Å²) in [7, 11) is 1.49. The molecule has 0 saturated carbocycles.